The van der Waals surface area contributed by atoms with Crippen LogP contribution in [-0.2, 0) is 17.2 Å². The zero-order valence-electron chi connectivity index (χ0n) is 15.0. The highest BCUT2D eigenvalue weighted by atomic mass is 32.1. The largest absolute Gasteiger partial charge is 0.488 e. The Hall–Kier alpha value is -2.01. The first-order chi connectivity index (χ1) is 12.5. The highest BCUT2D eigenvalue weighted by Crippen LogP contribution is 2.45. The van der Waals surface area contributed by atoms with Crippen LogP contribution in [0.15, 0.2) is 30.3 Å². The minimum atomic E-state index is -0.303. The van der Waals surface area contributed by atoms with Crippen LogP contribution >= 0.6 is 12.6 Å². The van der Waals surface area contributed by atoms with Crippen molar-refractivity contribution in [2.24, 2.45) is 0 Å². The molecule has 0 bridgehead atoms. The second-order valence-electron chi connectivity index (χ2n) is 6.58. The topological polar surface area (TPSA) is 35.5 Å². The second-order valence-corrected chi connectivity index (χ2v) is 6.90. The van der Waals surface area contributed by atoms with Gasteiger partial charge in [0.2, 0.25) is 0 Å². The Labute approximate surface area is 158 Å². The van der Waals surface area contributed by atoms with Crippen LogP contribution in [0.5, 0.6) is 11.5 Å². The number of hydrogen-bond acceptors (Lipinski definition) is 4. The van der Waals surface area contributed by atoms with Crippen molar-refractivity contribution in [2.45, 2.75) is 51.4 Å². The summed E-state index contributed by atoms with van der Waals surface area (Å²) in [5, 5.41) is 0. The molecule has 0 radical (unpaired) electrons. The molecule has 1 fully saturated rings. The molecule has 26 heavy (non-hydrogen) atoms. The van der Waals surface area contributed by atoms with Crippen molar-refractivity contribution in [3.05, 3.63) is 58.4 Å². The summed E-state index contributed by atoms with van der Waals surface area (Å²) < 4.78 is 25.5. The minimum absolute atomic E-state index is 0.200. The number of esters is 1. The van der Waals surface area contributed by atoms with E-state index in [2.05, 4.69) is 12.6 Å². The number of ether oxygens (including phenoxy) is 2. The average molecular weight is 374 g/mol. The van der Waals surface area contributed by atoms with Gasteiger partial charge >= 0.3 is 5.97 Å². The maximum atomic E-state index is 14.0. The minimum Gasteiger partial charge on any atom is -0.488 e. The number of rotatable bonds is 7. The fraction of sp³-hybridized carbons (Fsp3) is 0.381. The van der Waals surface area contributed by atoms with Crippen LogP contribution in [0.1, 0.15) is 54.4 Å². The van der Waals surface area contributed by atoms with Gasteiger partial charge in [-0.1, -0.05) is 19.1 Å². The quantitative estimate of drug-likeness (QED) is 0.404. The lowest BCUT2D eigenvalue weighted by Gasteiger charge is -2.17. The maximum absolute atomic E-state index is 14.0. The van der Waals surface area contributed by atoms with Gasteiger partial charge in [0.25, 0.3) is 0 Å². The Bertz CT molecular complexity index is 815. The molecule has 0 heterocycles. The molecule has 0 spiro atoms. The maximum Gasteiger partial charge on any atom is 0.310 e. The lowest BCUT2D eigenvalue weighted by molar-refractivity contribution is -0.134. The van der Waals surface area contributed by atoms with E-state index < -0.39 is 0 Å². The molecule has 0 aliphatic heterocycles. The van der Waals surface area contributed by atoms with Crippen molar-refractivity contribution >= 4 is 18.6 Å². The van der Waals surface area contributed by atoms with Gasteiger partial charge in [-0.25, -0.2) is 4.39 Å². The Morgan fingerprint density at radius 1 is 1.27 bits per heavy atom. The monoisotopic (exact) mass is 374 g/mol. The first-order valence-corrected chi connectivity index (χ1v) is 9.51. The number of carbonyl (C=O) groups is 1. The van der Waals surface area contributed by atoms with Gasteiger partial charge in [-0.2, -0.15) is 12.6 Å². The van der Waals surface area contributed by atoms with E-state index in [1.54, 1.807) is 19.9 Å². The van der Waals surface area contributed by atoms with E-state index in [9.17, 15) is 9.18 Å². The summed E-state index contributed by atoms with van der Waals surface area (Å²) in [5.41, 5.74) is 3.38. The molecule has 3 rings (SSSR count). The lowest BCUT2D eigenvalue weighted by atomic mass is 10.1. The van der Waals surface area contributed by atoms with Crippen LogP contribution in [0.3, 0.4) is 0 Å². The molecule has 0 amide bonds. The fourth-order valence-electron chi connectivity index (χ4n) is 2.89. The van der Waals surface area contributed by atoms with Crippen LogP contribution in [0, 0.1) is 12.7 Å². The fourth-order valence-corrected chi connectivity index (χ4v) is 3.18. The van der Waals surface area contributed by atoms with Crippen LogP contribution in [0.4, 0.5) is 4.39 Å². The highest BCUT2D eigenvalue weighted by molar-refractivity contribution is 7.79. The molecule has 1 aliphatic carbocycles. The Balaban J connectivity index is 1.88. The van der Waals surface area contributed by atoms with Gasteiger partial charge in [-0.15, -0.1) is 0 Å². The van der Waals surface area contributed by atoms with Crippen LogP contribution in [0.2, 0.25) is 0 Å². The van der Waals surface area contributed by atoms with E-state index in [1.807, 2.05) is 18.2 Å². The molecule has 138 valence electrons. The van der Waals surface area contributed by atoms with E-state index in [0.717, 1.165) is 29.5 Å². The number of carbonyl (C=O) groups excluding carboxylic acids is 1. The van der Waals surface area contributed by atoms with Gasteiger partial charge in [0.15, 0.2) is 0 Å². The van der Waals surface area contributed by atoms with Gasteiger partial charge in [-0.05, 0) is 54.5 Å². The van der Waals surface area contributed by atoms with E-state index >= 15 is 0 Å². The molecular formula is C21H23FO3S. The molecule has 3 nitrogen and oxygen atoms in total. The Morgan fingerprint density at radius 3 is 2.69 bits per heavy atom. The molecule has 5 heteroatoms. The highest BCUT2D eigenvalue weighted by Gasteiger charge is 2.28. The van der Waals surface area contributed by atoms with Gasteiger partial charge in [0.1, 0.15) is 23.9 Å². The first-order valence-electron chi connectivity index (χ1n) is 8.88. The van der Waals surface area contributed by atoms with Crippen LogP contribution < -0.4 is 9.47 Å². The summed E-state index contributed by atoms with van der Waals surface area (Å²) in [4.78, 5) is 11.7. The molecule has 0 aromatic heterocycles. The third-order valence-corrected chi connectivity index (χ3v) is 4.93. The summed E-state index contributed by atoms with van der Waals surface area (Å²) in [6, 6.07) is 8.84. The Morgan fingerprint density at radius 2 is 2.04 bits per heavy atom. The van der Waals surface area contributed by atoms with Gasteiger partial charge in [0, 0.05) is 23.8 Å². The predicted octanol–water partition coefficient (Wildman–Crippen LogP) is 5.34. The van der Waals surface area contributed by atoms with E-state index in [-0.39, 0.29) is 18.4 Å². The van der Waals surface area contributed by atoms with Crippen molar-refractivity contribution in [2.75, 3.05) is 0 Å². The SMILES string of the molecule is CCC(=O)Oc1cccc(CS)c1COc1cc(F)c(C)cc1C1CC1. The Kier molecular flexibility index (Phi) is 5.87. The first kappa shape index (κ1) is 18.8. The number of thiol groups is 1. The summed E-state index contributed by atoms with van der Waals surface area (Å²) in [7, 11) is 0. The number of hydrogen-bond donors (Lipinski definition) is 1. The molecule has 0 unspecified atom stereocenters. The standard InChI is InChI=1S/C21H23FO3S/c1-3-21(23)25-19-6-4-5-15(12-26)17(19)11-24-20-10-18(22)13(2)9-16(20)14-7-8-14/h4-6,9-10,14,26H,3,7-8,11-12H2,1-2H3. The van der Waals surface area contributed by atoms with Gasteiger partial charge in [0.05, 0.1) is 0 Å². The summed E-state index contributed by atoms with van der Waals surface area (Å²) >= 11 is 4.36. The van der Waals surface area contributed by atoms with Crippen molar-refractivity contribution in [3.8, 4) is 11.5 Å². The second kappa shape index (κ2) is 8.12. The molecule has 0 atom stereocenters. The third-order valence-electron chi connectivity index (χ3n) is 4.59. The molecule has 1 aliphatic rings. The van der Waals surface area contributed by atoms with Crippen molar-refractivity contribution < 1.29 is 18.7 Å². The smallest absolute Gasteiger partial charge is 0.310 e. The zero-order valence-corrected chi connectivity index (χ0v) is 15.9. The summed E-state index contributed by atoms with van der Waals surface area (Å²) in [5.74, 6) is 1.41. The van der Waals surface area contributed by atoms with E-state index in [0.29, 0.717) is 35.2 Å². The zero-order chi connectivity index (χ0) is 18.7. The average Bonchev–Trinajstić information content (AvgIpc) is 3.47. The van der Waals surface area contributed by atoms with Crippen LogP contribution in [-0.4, -0.2) is 5.97 Å². The third kappa shape index (κ3) is 4.21. The molecule has 0 saturated heterocycles. The molecular weight excluding hydrogens is 351 g/mol. The van der Waals surface area contributed by atoms with Gasteiger partial charge in [-0.3, -0.25) is 4.79 Å². The number of aryl methyl sites for hydroxylation is 1. The van der Waals surface area contributed by atoms with Crippen molar-refractivity contribution in [1.82, 2.24) is 0 Å². The summed E-state index contributed by atoms with van der Waals surface area (Å²) in [6.45, 7) is 3.72. The number of halogens is 1. The van der Waals surface area contributed by atoms with Crippen molar-refractivity contribution in [1.29, 1.82) is 0 Å². The molecule has 2 aromatic rings. The van der Waals surface area contributed by atoms with Crippen molar-refractivity contribution in [3.63, 3.8) is 0 Å². The number of benzene rings is 2. The molecule has 1 saturated carbocycles. The van der Waals surface area contributed by atoms with Crippen LogP contribution in [0.25, 0.3) is 0 Å². The molecule has 2 aromatic carbocycles. The predicted molar refractivity (Wildman–Crippen MR) is 103 cm³/mol. The van der Waals surface area contributed by atoms with E-state index in [1.165, 1.54) is 6.07 Å². The van der Waals surface area contributed by atoms with E-state index in [4.69, 9.17) is 9.47 Å². The lowest BCUT2D eigenvalue weighted by Crippen LogP contribution is -2.10. The van der Waals surface area contributed by atoms with Gasteiger partial charge < -0.3 is 9.47 Å². The molecule has 0 N–H and O–H groups in total. The normalized spacial score (nSPS) is 13.5. The summed E-state index contributed by atoms with van der Waals surface area (Å²) in [6.07, 6.45) is 2.50.